The molecule has 0 bridgehead atoms. The van der Waals surface area contributed by atoms with Crippen molar-refractivity contribution in [2.24, 2.45) is 0 Å². The number of aromatic nitrogens is 2. The van der Waals surface area contributed by atoms with Gasteiger partial charge in [0.1, 0.15) is 5.82 Å². The van der Waals surface area contributed by atoms with Crippen LogP contribution in [0.5, 0.6) is 0 Å². The van der Waals surface area contributed by atoms with Crippen molar-refractivity contribution in [3.63, 3.8) is 0 Å². The molecule has 118 valence electrons. The predicted molar refractivity (Wildman–Crippen MR) is 87.6 cm³/mol. The number of pyridine rings is 1. The summed E-state index contributed by atoms with van der Waals surface area (Å²) in [5.41, 5.74) is 1.78. The van der Waals surface area contributed by atoms with Crippen LogP contribution in [0.25, 0.3) is 5.52 Å². The monoisotopic (exact) mass is 349 g/mol. The summed E-state index contributed by atoms with van der Waals surface area (Å²) in [6.45, 7) is 2.43. The summed E-state index contributed by atoms with van der Waals surface area (Å²) < 4.78 is 15.6. The number of rotatable bonds is 1. The highest BCUT2D eigenvalue weighted by Gasteiger charge is 2.32. The molecule has 0 N–H and O–H groups in total. The first kappa shape index (κ1) is 14.7. The molecule has 0 spiro atoms. The Hall–Kier alpha value is -1.92. The van der Waals surface area contributed by atoms with Gasteiger partial charge in [0.15, 0.2) is 5.69 Å². The second-order valence-electron chi connectivity index (χ2n) is 5.59. The van der Waals surface area contributed by atoms with Gasteiger partial charge in [-0.25, -0.2) is 8.91 Å². The van der Waals surface area contributed by atoms with E-state index >= 15 is 0 Å². The van der Waals surface area contributed by atoms with Crippen LogP contribution < -0.4 is 0 Å². The lowest BCUT2D eigenvalue weighted by molar-refractivity contribution is 0.0669. The van der Waals surface area contributed by atoms with Crippen LogP contribution in [-0.2, 0) is 6.42 Å². The number of hydrogen-bond donors (Lipinski definition) is 0. The lowest BCUT2D eigenvalue weighted by Crippen LogP contribution is -2.38. The Morgan fingerprint density at radius 2 is 2.30 bits per heavy atom. The van der Waals surface area contributed by atoms with E-state index in [-0.39, 0.29) is 17.8 Å². The second kappa shape index (κ2) is 5.32. The maximum absolute atomic E-state index is 14.0. The first-order valence-electron chi connectivity index (χ1n) is 7.26. The number of nitrogens with zero attached hydrogens (tertiary/aromatic N) is 3. The van der Waals surface area contributed by atoms with Crippen LogP contribution >= 0.6 is 22.9 Å². The molecule has 1 atom stereocenters. The summed E-state index contributed by atoms with van der Waals surface area (Å²) in [5.74, 6) is -0.412. The molecule has 1 unspecified atom stereocenters. The van der Waals surface area contributed by atoms with E-state index in [2.05, 4.69) is 5.10 Å². The number of halogens is 2. The molecule has 0 aromatic carbocycles. The van der Waals surface area contributed by atoms with Gasteiger partial charge in [0.05, 0.1) is 16.6 Å². The minimum atomic E-state index is -0.286. The smallest absolute Gasteiger partial charge is 0.274 e. The highest BCUT2D eigenvalue weighted by Crippen LogP contribution is 2.36. The van der Waals surface area contributed by atoms with Crippen LogP contribution in [-0.4, -0.2) is 27.0 Å². The summed E-state index contributed by atoms with van der Waals surface area (Å²) in [6.07, 6.45) is 2.34. The van der Waals surface area contributed by atoms with Crippen molar-refractivity contribution >= 4 is 34.4 Å². The summed E-state index contributed by atoms with van der Waals surface area (Å²) in [6, 6.07) is 5.00. The summed E-state index contributed by atoms with van der Waals surface area (Å²) in [7, 11) is 0. The van der Waals surface area contributed by atoms with Crippen molar-refractivity contribution in [2.75, 3.05) is 6.54 Å². The van der Waals surface area contributed by atoms with Crippen LogP contribution in [0.15, 0.2) is 29.8 Å². The SMILES string of the molecule is CC1c2c(F)csc2CCN1C(=O)c1cc2ccc(Cl)cn2n1. The molecule has 4 rings (SSSR count). The van der Waals surface area contributed by atoms with E-state index < -0.39 is 0 Å². The third kappa shape index (κ3) is 2.33. The van der Waals surface area contributed by atoms with E-state index in [1.807, 2.05) is 13.0 Å². The van der Waals surface area contributed by atoms with Crippen molar-refractivity contribution in [3.8, 4) is 0 Å². The fourth-order valence-corrected chi connectivity index (χ4v) is 4.20. The number of thiophene rings is 1. The molecule has 4 heterocycles. The first-order chi connectivity index (χ1) is 11.0. The Kier molecular flexibility index (Phi) is 3.39. The molecule has 1 amide bonds. The number of hydrogen-bond acceptors (Lipinski definition) is 3. The minimum Gasteiger partial charge on any atom is -0.330 e. The van der Waals surface area contributed by atoms with Crippen LogP contribution in [0.1, 0.15) is 33.9 Å². The molecule has 4 nitrogen and oxygen atoms in total. The Morgan fingerprint density at radius 1 is 1.48 bits per heavy atom. The van der Waals surface area contributed by atoms with Gasteiger partial charge >= 0.3 is 0 Å². The minimum absolute atomic E-state index is 0.187. The van der Waals surface area contributed by atoms with E-state index in [9.17, 15) is 9.18 Å². The summed E-state index contributed by atoms with van der Waals surface area (Å²) >= 11 is 7.37. The molecule has 0 saturated carbocycles. The van der Waals surface area contributed by atoms with Gasteiger partial charge in [0.25, 0.3) is 5.91 Å². The molecule has 0 saturated heterocycles. The molecular formula is C16H13ClFN3OS. The molecule has 1 aliphatic heterocycles. The summed E-state index contributed by atoms with van der Waals surface area (Å²) in [5, 5.41) is 6.37. The van der Waals surface area contributed by atoms with Gasteiger partial charge in [0, 0.05) is 28.6 Å². The third-order valence-corrected chi connectivity index (χ3v) is 5.49. The summed E-state index contributed by atoms with van der Waals surface area (Å²) in [4.78, 5) is 15.5. The molecule has 23 heavy (non-hydrogen) atoms. The maximum Gasteiger partial charge on any atom is 0.274 e. The van der Waals surface area contributed by atoms with Gasteiger partial charge < -0.3 is 4.90 Å². The third-order valence-electron chi connectivity index (χ3n) is 4.23. The lowest BCUT2D eigenvalue weighted by Gasteiger charge is -2.33. The maximum atomic E-state index is 14.0. The first-order valence-corrected chi connectivity index (χ1v) is 8.52. The van der Waals surface area contributed by atoms with Crippen LogP contribution in [0.3, 0.4) is 0 Å². The zero-order valence-electron chi connectivity index (χ0n) is 12.3. The number of carbonyl (C=O) groups is 1. The van der Waals surface area contributed by atoms with Gasteiger partial charge in [-0.05, 0) is 31.5 Å². The highest BCUT2D eigenvalue weighted by atomic mass is 35.5. The molecule has 0 fully saturated rings. The molecule has 1 aliphatic rings. The van der Waals surface area contributed by atoms with Gasteiger partial charge in [-0.2, -0.15) is 5.10 Å². The van der Waals surface area contributed by atoms with E-state index in [1.165, 1.54) is 16.7 Å². The molecule has 0 aliphatic carbocycles. The number of fused-ring (bicyclic) bond motifs is 2. The van der Waals surface area contributed by atoms with Crippen molar-refractivity contribution < 1.29 is 9.18 Å². The Morgan fingerprint density at radius 3 is 3.13 bits per heavy atom. The van der Waals surface area contributed by atoms with Crippen LogP contribution in [0, 0.1) is 5.82 Å². The molecule has 3 aromatic rings. The standard InChI is InChI=1S/C16H13ClFN3OS/c1-9-15-12(18)8-23-14(15)4-5-20(9)16(22)13-6-11-3-2-10(17)7-21(11)19-13/h2-3,6-9H,4-5H2,1H3. The molecular weight excluding hydrogens is 337 g/mol. The van der Waals surface area contributed by atoms with Gasteiger partial charge in [-0.3, -0.25) is 4.79 Å². The number of amides is 1. The van der Waals surface area contributed by atoms with Gasteiger partial charge in [-0.1, -0.05) is 11.6 Å². The molecule has 0 radical (unpaired) electrons. The van der Waals surface area contributed by atoms with E-state index in [0.717, 1.165) is 10.4 Å². The topological polar surface area (TPSA) is 37.6 Å². The highest BCUT2D eigenvalue weighted by molar-refractivity contribution is 7.10. The van der Waals surface area contributed by atoms with Crippen LogP contribution in [0.2, 0.25) is 5.02 Å². The fraction of sp³-hybridized carbons (Fsp3) is 0.250. The zero-order chi connectivity index (χ0) is 16.1. The quantitative estimate of drug-likeness (QED) is 0.667. The zero-order valence-corrected chi connectivity index (χ0v) is 13.9. The van der Waals surface area contributed by atoms with Gasteiger partial charge in [-0.15, -0.1) is 11.3 Å². The van der Waals surface area contributed by atoms with Crippen molar-refractivity contribution in [2.45, 2.75) is 19.4 Å². The van der Waals surface area contributed by atoms with E-state index in [1.54, 1.807) is 27.7 Å². The average molecular weight is 350 g/mol. The van der Waals surface area contributed by atoms with E-state index in [0.29, 0.717) is 29.2 Å². The Balaban J connectivity index is 1.69. The molecule has 3 aromatic heterocycles. The average Bonchev–Trinajstić information content (AvgIpc) is 3.11. The largest absolute Gasteiger partial charge is 0.330 e. The lowest BCUT2D eigenvalue weighted by atomic mass is 10.0. The van der Waals surface area contributed by atoms with Crippen molar-refractivity contribution in [1.29, 1.82) is 0 Å². The Labute approximate surface area is 141 Å². The second-order valence-corrected chi connectivity index (χ2v) is 6.99. The normalized spacial score (nSPS) is 17.5. The van der Waals surface area contributed by atoms with Crippen molar-refractivity contribution in [1.82, 2.24) is 14.5 Å². The van der Waals surface area contributed by atoms with Crippen molar-refractivity contribution in [3.05, 3.63) is 56.8 Å². The number of carbonyl (C=O) groups excluding carboxylic acids is 1. The van der Waals surface area contributed by atoms with Crippen LogP contribution in [0.4, 0.5) is 4.39 Å². The fourth-order valence-electron chi connectivity index (χ4n) is 3.07. The molecule has 7 heteroatoms. The van der Waals surface area contributed by atoms with E-state index in [4.69, 9.17) is 11.6 Å². The Bertz CT molecular complexity index is 919. The predicted octanol–water partition coefficient (Wildman–Crippen LogP) is 3.95. The van der Waals surface area contributed by atoms with Gasteiger partial charge in [0.2, 0.25) is 0 Å².